The zero-order chi connectivity index (χ0) is 10.1. The molecule has 0 amide bonds. The van der Waals surface area contributed by atoms with E-state index in [1.807, 2.05) is 13.0 Å². The SMILES string of the molecule is Cc1cc2c(c(C(=O)S)c1)OCCO2. The van der Waals surface area contributed by atoms with Gasteiger partial charge in [-0.3, -0.25) is 4.79 Å². The van der Waals surface area contributed by atoms with Crippen LogP contribution in [-0.4, -0.2) is 18.3 Å². The standard InChI is InChI=1S/C10H10O3S/c1-6-4-7(10(11)14)9-8(5-6)12-2-3-13-9/h4-5H,2-3H2,1H3,(H,11,14). The first-order valence-corrected chi connectivity index (χ1v) is 4.77. The maximum Gasteiger partial charge on any atom is 0.220 e. The molecule has 0 N–H and O–H groups in total. The van der Waals surface area contributed by atoms with Crippen molar-refractivity contribution >= 4 is 17.7 Å². The number of hydrogen-bond donors (Lipinski definition) is 1. The molecule has 0 aliphatic carbocycles. The van der Waals surface area contributed by atoms with Crippen molar-refractivity contribution in [1.82, 2.24) is 0 Å². The van der Waals surface area contributed by atoms with Crippen molar-refractivity contribution in [2.24, 2.45) is 0 Å². The second-order valence-electron chi connectivity index (χ2n) is 3.14. The lowest BCUT2D eigenvalue weighted by Crippen LogP contribution is -2.17. The van der Waals surface area contributed by atoms with Crippen molar-refractivity contribution in [3.63, 3.8) is 0 Å². The molecule has 0 saturated carbocycles. The van der Waals surface area contributed by atoms with E-state index >= 15 is 0 Å². The van der Waals surface area contributed by atoms with Crippen molar-refractivity contribution in [1.29, 1.82) is 0 Å². The van der Waals surface area contributed by atoms with E-state index in [2.05, 4.69) is 12.6 Å². The van der Waals surface area contributed by atoms with Gasteiger partial charge >= 0.3 is 0 Å². The van der Waals surface area contributed by atoms with Crippen LogP contribution in [0.15, 0.2) is 12.1 Å². The molecule has 0 radical (unpaired) electrons. The molecule has 1 aliphatic heterocycles. The molecule has 0 unspecified atom stereocenters. The van der Waals surface area contributed by atoms with Gasteiger partial charge in [-0.1, -0.05) is 0 Å². The summed E-state index contributed by atoms with van der Waals surface area (Å²) < 4.78 is 10.8. The van der Waals surface area contributed by atoms with Gasteiger partial charge in [-0.15, -0.1) is 12.6 Å². The summed E-state index contributed by atoms with van der Waals surface area (Å²) in [5.74, 6) is 1.15. The lowest BCUT2D eigenvalue weighted by molar-refractivity contribution is 0.108. The van der Waals surface area contributed by atoms with Gasteiger partial charge in [0, 0.05) is 0 Å². The van der Waals surface area contributed by atoms with Crippen LogP contribution in [0.4, 0.5) is 0 Å². The van der Waals surface area contributed by atoms with E-state index in [9.17, 15) is 4.79 Å². The third-order valence-electron chi connectivity index (χ3n) is 2.02. The number of ether oxygens (including phenoxy) is 2. The summed E-state index contributed by atoms with van der Waals surface area (Å²) >= 11 is 3.79. The molecule has 1 aliphatic rings. The topological polar surface area (TPSA) is 35.5 Å². The minimum atomic E-state index is -0.296. The molecule has 1 aromatic rings. The van der Waals surface area contributed by atoms with Crippen LogP contribution >= 0.6 is 12.6 Å². The zero-order valence-electron chi connectivity index (χ0n) is 7.74. The summed E-state index contributed by atoms with van der Waals surface area (Å²) in [6.07, 6.45) is 0. The fraction of sp³-hybridized carbons (Fsp3) is 0.300. The highest BCUT2D eigenvalue weighted by Crippen LogP contribution is 2.35. The van der Waals surface area contributed by atoms with E-state index in [0.717, 1.165) is 5.56 Å². The zero-order valence-corrected chi connectivity index (χ0v) is 8.64. The van der Waals surface area contributed by atoms with Gasteiger partial charge in [0.1, 0.15) is 13.2 Å². The molecule has 0 aromatic heterocycles. The number of thiol groups is 1. The number of fused-ring (bicyclic) bond motifs is 1. The maximum absolute atomic E-state index is 11.2. The monoisotopic (exact) mass is 210 g/mol. The Kier molecular flexibility index (Phi) is 2.37. The molecule has 2 rings (SSSR count). The Bertz CT molecular complexity index is 387. The number of benzene rings is 1. The molecule has 0 atom stereocenters. The van der Waals surface area contributed by atoms with Gasteiger partial charge in [0.15, 0.2) is 11.5 Å². The van der Waals surface area contributed by atoms with E-state index < -0.39 is 0 Å². The van der Waals surface area contributed by atoms with E-state index in [1.165, 1.54) is 0 Å². The minimum Gasteiger partial charge on any atom is -0.486 e. The Morgan fingerprint density at radius 2 is 2.07 bits per heavy atom. The Balaban J connectivity index is 2.58. The number of carbonyl (C=O) groups excluding carboxylic acids is 1. The van der Waals surface area contributed by atoms with E-state index in [0.29, 0.717) is 30.3 Å². The first kappa shape index (κ1) is 9.40. The highest BCUT2D eigenvalue weighted by molar-refractivity contribution is 7.97. The van der Waals surface area contributed by atoms with Crippen LogP contribution in [0.2, 0.25) is 0 Å². The van der Waals surface area contributed by atoms with E-state index in [1.54, 1.807) is 6.07 Å². The Morgan fingerprint density at radius 1 is 1.36 bits per heavy atom. The van der Waals surface area contributed by atoms with Crippen molar-refractivity contribution < 1.29 is 14.3 Å². The second-order valence-corrected chi connectivity index (χ2v) is 3.55. The van der Waals surface area contributed by atoms with Gasteiger partial charge in [-0.25, -0.2) is 0 Å². The lowest BCUT2D eigenvalue weighted by atomic mass is 10.1. The second kappa shape index (κ2) is 3.53. The summed E-state index contributed by atoms with van der Waals surface area (Å²) in [7, 11) is 0. The molecule has 0 spiro atoms. The molecule has 14 heavy (non-hydrogen) atoms. The molecule has 0 saturated heterocycles. The number of aryl methyl sites for hydroxylation is 1. The van der Waals surface area contributed by atoms with Gasteiger partial charge in [-0.05, 0) is 24.6 Å². The van der Waals surface area contributed by atoms with Crippen LogP contribution in [0.3, 0.4) is 0 Å². The Labute approximate surface area is 87.4 Å². The summed E-state index contributed by atoms with van der Waals surface area (Å²) in [5, 5.41) is -0.296. The minimum absolute atomic E-state index is 0.296. The predicted octanol–water partition coefficient (Wildman–Crippen LogP) is 1.84. The first-order valence-electron chi connectivity index (χ1n) is 4.32. The molecule has 4 heteroatoms. The summed E-state index contributed by atoms with van der Waals surface area (Å²) in [5.41, 5.74) is 1.44. The summed E-state index contributed by atoms with van der Waals surface area (Å²) in [6.45, 7) is 2.90. The maximum atomic E-state index is 11.2. The van der Waals surface area contributed by atoms with Crippen LogP contribution in [0, 0.1) is 6.92 Å². The van der Waals surface area contributed by atoms with Crippen molar-refractivity contribution in [3.8, 4) is 11.5 Å². The Hall–Kier alpha value is -1.16. The van der Waals surface area contributed by atoms with Crippen LogP contribution in [-0.2, 0) is 0 Å². The third kappa shape index (κ3) is 1.57. The van der Waals surface area contributed by atoms with Gasteiger partial charge in [-0.2, -0.15) is 0 Å². The van der Waals surface area contributed by atoms with Gasteiger partial charge in [0.25, 0.3) is 0 Å². The number of carbonyl (C=O) groups is 1. The average molecular weight is 210 g/mol. The van der Waals surface area contributed by atoms with Crippen LogP contribution < -0.4 is 9.47 Å². The predicted molar refractivity (Wildman–Crippen MR) is 55.5 cm³/mol. The molecular weight excluding hydrogens is 200 g/mol. The largest absolute Gasteiger partial charge is 0.486 e. The Morgan fingerprint density at radius 3 is 2.79 bits per heavy atom. The molecule has 1 aromatic carbocycles. The fourth-order valence-corrected chi connectivity index (χ4v) is 1.62. The smallest absolute Gasteiger partial charge is 0.220 e. The number of rotatable bonds is 1. The highest BCUT2D eigenvalue weighted by atomic mass is 32.1. The molecule has 74 valence electrons. The normalized spacial score (nSPS) is 13.9. The molecular formula is C10H10O3S. The average Bonchev–Trinajstić information content (AvgIpc) is 2.16. The van der Waals surface area contributed by atoms with Crippen molar-refractivity contribution in [2.45, 2.75) is 6.92 Å². The molecule has 0 fully saturated rings. The molecule has 0 bridgehead atoms. The van der Waals surface area contributed by atoms with E-state index in [4.69, 9.17) is 9.47 Å². The molecule has 3 nitrogen and oxygen atoms in total. The van der Waals surface area contributed by atoms with E-state index in [-0.39, 0.29) is 5.12 Å². The first-order chi connectivity index (χ1) is 6.68. The molecule has 1 heterocycles. The van der Waals surface area contributed by atoms with Crippen LogP contribution in [0.5, 0.6) is 11.5 Å². The summed E-state index contributed by atoms with van der Waals surface area (Å²) in [4.78, 5) is 11.2. The van der Waals surface area contributed by atoms with Gasteiger partial charge in [0.2, 0.25) is 5.12 Å². The van der Waals surface area contributed by atoms with Crippen LogP contribution in [0.1, 0.15) is 15.9 Å². The van der Waals surface area contributed by atoms with Gasteiger partial charge < -0.3 is 9.47 Å². The van der Waals surface area contributed by atoms with Crippen molar-refractivity contribution in [3.05, 3.63) is 23.3 Å². The highest BCUT2D eigenvalue weighted by Gasteiger charge is 2.19. The quantitative estimate of drug-likeness (QED) is 0.718. The van der Waals surface area contributed by atoms with Gasteiger partial charge in [0.05, 0.1) is 5.56 Å². The number of hydrogen-bond acceptors (Lipinski definition) is 3. The third-order valence-corrected chi connectivity index (χ3v) is 2.26. The van der Waals surface area contributed by atoms with Crippen LogP contribution in [0.25, 0.3) is 0 Å². The lowest BCUT2D eigenvalue weighted by Gasteiger charge is -2.20. The van der Waals surface area contributed by atoms with Crippen molar-refractivity contribution in [2.75, 3.05) is 13.2 Å². The fourth-order valence-electron chi connectivity index (χ4n) is 1.45. The summed E-state index contributed by atoms with van der Waals surface area (Å²) in [6, 6.07) is 3.61.